The van der Waals surface area contributed by atoms with Gasteiger partial charge in [-0.25, -0.2) is 0 Å². The molecule has 1 saturated heterocycles. The van der Waals surface area contributed by atoms with Crippen molar-refractivity contribution in [2.24, 2.45) is 0 Å². The molecule has 0 bridgehead atoms. The Balaban J connectivity index is 1.85. The van der Waals surface area contributed by atoms with Gasteiger partial charge in [-0.2, -0.15) is 8.78 Å². The van der Waals surface area contributed by atoms with Crippen LogP contribution in [0.1, 0.15) is 63.9 Å². The highest BCUT2D eigenvalue weighted by molar-refractivity contribution is 5.33. The van der Waals surface area contributed by atoms with E-state index in [1.807, 2.05) is 6.07 Å². The van der Waals surface area contributed by atoms with Gasteiger partial charge in [-0.15, -0.1) is 0 Å². The molecule has 164 valence electrons. The predicted octanol–water partition coefficient (Wildman–Crippen LogP) is 4.48. The molecule has 1 heterocycles. The van der Waals surface area contributed by atoms with Crippen LogP contribution in [0.25, 0.3) is 0 Å². The maximum Gasteiger partial charge on any atom is 0.394 e. The predicted molar refractivity (Wildman–Crippen MR) is 112 cm³/mol. The zero-order valence-electron chi connectivity index (χ0n) is 18.0. The third-order valence-corrected chi connectivity index (χ3v) is 6.70. The van der Waals surface area contributed by atoms with Crippen molar-refractivity contribution in [3.63, 3.8) is 0 Å². The summed E-state index contributed by atoms with van der Waals surface area (Å²) < 4.78 is 31.6. The number of ether oxygens (including phenoxy) is 1. The van der Waals surface area contributed by atoms with Crippen LogP contribution in [0.2, 0.25) is 0 Å². The van der Waals surface area contributed by atoms with E-state index in [2.05, 4.69) is 23.8 Å². The van der Waals surface area contributed by atoms with Gasteiger partial charge >= 0.3 is 6.11 Å². The molecule has 1 aromatic carbocycles. The van der Waals surface area contributed by atoms with Crippen LogP contribution in [0.3, 0.4) is 0 Å². The van der Waals surface area contributed by atoms with E-state index in [-0.39, 0.29) is 11.7 Å². The zero-order valence-corrected chi connectivity index (χ0v) is 18.0. The van der Waals surface area contributed by atoms with Crippen molar-refractivity contribution in [2.45, 2.75) is 76.0 Å². The second-order valence-corrected chi connectivity index (χ2v) is 9.00. The molecule has 1 aliphatic heterocycles. The molecule has 2 atom stereocenters. The molecule has 0 radical (unpaired) electrons. The molecule has 1 aromatic rings. The molecule has 3 rings (SSSR count). The molecular formula is C23H36F2N2O2. The molecule has 29 heavy (non-hydrogen) atoms. The monoisotopic (exact) mass is 410 g/mol. The van der Waals surface area contributed by atoms with Crippen LogP contribution in [-0.4, -0.2) is 65.9 Å². The number of aliphatic hydroxyl groups is 1. The van der Waals surface area contributed by atoms with Crippen LogP contribution in [0.15, 0.2) is 24.3 Å². The average molecular weight is 411 g/mol. The molecule has 0 aromatic heterocycles. The minimum atomic E-state index is -3.22. The Kier molecular flexibility index (Phi) is 7.18. The van der Waals surface area contributed by atoms with Crippen LogP contribution in [0.5, 0.6) is 5.75 Å². The van der Waals surface area contributed by atoms with E-state index < -0.39 is 11.7 Å². The second-order valence-electron chi connectivity index (χ2n) is 9.00. The maximum absolute atomic E-state index is 13.4. The van der Waals surface area contributed by atoms with E-state index in [9.17, 15) is 13.9 Å². The molecule has 6 heteroatoms. The second kappa shape index (κ2) is 9.27. The fraction of sp³-hybridized carbons (Fsp3) is 0.739. The van der Waals surface area contributed by atoms with E-state index in [0.717, 1.165) is 77.2 Å². The SMILES string of the molecule is CC[C@H]1CN(C[C@H](c2cccc(OC(C)(F)F)c2)C2(O)CCCCC2)CCN1C. The molecule has 4 nitrogen and oxygen atoms in total. The molecule has 1 aliphatic carbocycles. The summed E-state index contributed by atoms with van der Waals surface area (Å²) in [5.74, 6) is 0.0435. The van der Waals surface area contributed by atoms with E-state index in [1.165, 1.54) is 0 Å². The molecule has 1 saturated carbocycles. The maximum atomic E-state index is 13.4. The zero-order chi connectivity index (χ0) is 21.1. The molecule has 2 aliphatic rings. The average Bonchev–Trinajstić information content (AvgIpc) is 2.66. The highest BCUT2D eigenvalue weighted by atomic mass is 19.3. The molecule has 0 unspecified atom stereocenters. The van der Waals surface area contributed by atoms with Crippen molar-refractivity contribution in [2.75, 3.05) is 33.2 Å². The van der Waals surface area contributed by atoms with Gasteiger partial charge in [0.25, 0.3) is 0 Å². The van der Waals surface area contributed by atoms with Gasteiger partial charge in [-0.1, -0.05) is 38.3 Å². The van der Waals surface area contributed by atoms with Gasteiger partial charge in [0.15, 0.2) is 0 Å². The number of hydrogen-bond donors (Lipinski definition) is 1. The van der Waals surface area contributed by atoms with Gasteiger partial charge in [0.1, 0.15) is 5.75 Å². The lowest BCUT2D eigenvalue weighted by atomic mass is 9.72. The standard InChI is InChI=1S/C23H36F2N2O2/c1-4-19-16-27(14-13-26(19)3)17-21(23(28)11-6-5-7-12-23)18-9-8-10-20(15-18)29-22(2,24)25/h8-10,15,19,21,28H,4-7,11-14,16-17H2,1-3H3/t19-,21+/m0/s1. The molecule has 2 fully saturated rings. The number of hydrogen-bond acceptors (Lipinski definition) is 4. The van der Waals surface area contributed by atoms with Gasteiger partial charge in [-0.05, 0) is 44.0 Å². The Hall–Kier alpha value is -1.24. The normalized spacial score (nSPS) is 25.0. The largest absolute Gasteiger partial charge is 0.433 e. The topological polar surface area (TPSA) is 35.9 Å². The quantitative estimate of drug-likeness (QED) is 0.719. The van der Waals surface area contributed by atoms with Crippen molar-refractivity contribution >= 4 is 0 Å². The van der Waals surface area contributed by atoms with Gasteiger partial charge in [0.05, 0.1) is 5.60 Å². The van der Waals surface area contributed by atoms with E-state index in [4.69, 9.17) is 4.74 Å². The number of nitrogens with zero attached hydrogens (tertiary/aromatic N) is 2. The minimum absolute atomic E-state index is 0.113. The summed E-state index contributed by atoms with van der Waals surface area (Å²) in [6.45, 7) is 6.65. The number of benzene rings is 1. The first-order valence-electron chi connectivity index (χ1n) is 11.0. The van der Waals surface area contributed by atoms with Crippen LogP contribution in [0.4, 0.5) is 8.78 Å². The lowest BCUT2D eigenvalue weighted by molar-refractivity contribution is -0.159. The third kappa shape index (κ3) is 5.89. The number of halogens is 2. The first-order valence-corrected chi connectivity index (χ1v) is 11.0. The van der Waals surface area contributed by atoms with E-state index in [1.54, 1.807) is 18.2 Å². The summed E-state index contributed by atoms with van der Waals surface area (Å²) in [7, 11) is 2.17. The fourth-order valence-corrected chi connectivity index (χ4v) is 4.98. The highest BCUT2D eigenvalue weighted by Gasteiger charge is 2.40. The smallest absolute Gasteiger partial charge is 0.394 e. The first kappa shape index (κ1) is 22.4. The van der Waals surface area contributed by atoms with Gasteiger partial charge in [0.2, 0.25) is 0 Å². The van der Waals surface area contributed by atoms with Crippen molar-refractivity contribution in [1.29, 1.82) is 0 Å². The first-order chi connectivity index (χ1) is 13.7. The molecule has 0 spiro atoms. The number of likely N-dealkylation sites (N-methyl/N-ethyl adjacent to an activating group) is 1. The summed E-state index contributed by atoms with van der Waals surface area (Å²) >= 11 is 0. The van der Waals surface area contributed by atoms with E-state index >= 15 is 0 Å². The summed E-state index contributed by atoms with van der Waals surface area (Å²) in [6, 6.07) is 7.48. The highest BCUT2D eigenvalue weighted by Crippen LogP contribution is 2.41. The molecule has 0 amide bonds. The minimum Gasteiger partial charge on any atom is -0.433 e. The summed E-state index contributed by atoms with van der Waals surface area (Å²) in [6.07, 6.45) is 2.56. The lowest BCUT2D eigenvalue weighted by Gasteiger charge is -2.45. The molecular weight excluding hydrogens is 374 g/mol. The van der Waals surface area contributed by atoms with Crippen LogP contribution in [-0.2, 0) is 0 Å². The van der Waals surface area contributed by atoms with Crippen LogP contribution >= 0.6 is 0 Å². The summed E-state index contributed by atoms with van der Waals surface area (Å²) in [5.41, 5.74) is 0.0968. The Bertz CT molecular complexity index is 659. The fourth-order valence-electron chi connectivity index (χ4n) is 4.98. The van der Waals surface area contributed by atoms with Crippen molar-refractivity contribution in [3.05, 3.63) is 29.8 Å². The van der Waals surface area contributed by atoms with Gasteiger partial charge in [-0.3, -0.25) is 4.90 Å². The Morgan fingerprint density at radius 2 is 1.97 bits per heavy atom. The van der Waals surface area contributed by atoms with Gasteiger partial charge in [0, 0.05) is 45.1 Å². The summed E-state index contributed by atoms with van der Waals surface area (Å²) in [5, 5.41) is 11.6. The van der Waals surface area contributed by atoms with E-state index in [0.29, 0.717) is 6.04 Å². The number of rotatable bonds is 7. The van der Waals surface area contributed by atoms with Crippen molar-refractivity contribution in [1.82, 2.24) is 9.80 Å². The molecule has 1 N–H and O–H groups in total. The van der Waals surface area contributed by atoms with Crippen LogP contribution in [0, 0.1) is 0 Å². The Morgan fingerprint density at radius 3 is 2.62 bits per heavy atom. The Labute approximate surface area is 173 Å². The Morgan fingerprint density at radius 1 is 1.24 bits per heavy atom. The number of alkyl halides is 2. The summed E-state index contributed by atoms with van der Waals surface area (Å²) in [4.78, 5) is 4.84. The van der Waals surface area contributed by atoms with Crippen molar-refractivity contribution in [3.8, 4) is 5.75 Å². The van der Waals surface area contributed by atoms with Gasteiger partial charge < -0.3 is 14.7 Å². The lowest BCUT2D eigenvalue weighted by Crippen LogP contribution is -2.54. The van der Waals surface area contributed by atoms with Crippen LogP contribution < -0.4 is 4.74 Å². The third-order valence-electron chi connectivity index (χ3n) is 6.70. The number of piperazine rings is 1. The van der Waals surface area contributed by atoms with Crippen molar-refractivity contribution < 1.29 is 18.6 Å².